The minimum Gasteiger partial charge on any atom is -0.497 e. The third-order valence-corrected chi connectivity index (χ3v) is 2.99. The highest BCUT2D eigenvalue weighted by molar-refractivity contribution is 6.10. The summed E-state index contributed by atoms with van der Waals surface area (Å²) in [5, 5.41) is 8.97. The van der Waals surface area contributed by atoms with Crippen molar-refractivity contribution in [3.63, 3.8) is 0 Å². The first-order chi connectivity index (χ1) is 10.0. The van der Waals surface area contributed by atoms with Crippen LogP contribution in [-0.4, -0.2) is 31.1 Å². The van der Waals surface area contributed by atoms with E-state index in [1.807, 2.05) is 0 Å². The second-order valence-electron chi connectivity index (χ2n) is 4.32. The SMILES string of the molecule is COc1cc(OC)cc(C(=O)c2cccc(C(=O)O)c2)c1. The van der Waals surface area contributed by atoms with E-state index in [0.717, 1.165) is 0 Å². The van der Waals surface area contributed by atoms with Gasteiger partial charge in [0.05, 0.1) is 19.8 Å². The zero-order chi connectivity index (χ0) is 15.4. The average Bonchev–Trinajstić information content (AvgIpc) is 2.53. The Labute approximate surface area is 121 Å². The molecule has 5 heteroatoms. The largest absolute Gasteiger partial charge is 0.497 e. The lowest BCUT2D eigenvalue weighted by atomic mass is 10.0. The van der Waals surface area contributed by atoms with Gasteiger partial charge in [-0.2, -0.15) is 0 Å². The van der Waals surface area contributed by atoms with E-state index in [0.29, 0.717) is 22.6 Å². The van der Waals surface area contributed by atoms with Crippen molar-refractivity contribution in [2.75, 3.05) is 14.2 Å². The highest BCUT2D eigenvalue weighted by Gasteiger charge is 2.14. The number of carbonyl (C=O) groups excluding carboxylic acids is 1. The molecule has 0 radical (unpaired) electrons. The van der Waals surface area contributed by atoms with Crippen LogP contribution in [0.3, 0.4) is 0 Å². The van der Waals surface area contributed by atoms with Crippen LogP contribution in [0.1, 0.15) is 26.3 Å². The minimum atomic E-state index is -1.08. The number of carboxylic acid groups (broad SMARTS) is 1. The van der Waals surface area contributed by atoms with E-state index in [2.05, 4.69) is 0 Å². The first-order valence-electron chi connectivity index (χ1n) is 6.16. The van der Waals surface area contributed by atoms with E-state index in [1.165, 1.54) is 32.4 Å². The molecule has 0 aliphatic rings. The van der Waals surface area contributed by atoms with Gasteiger partial charge in [0.1, 0.15) is 11.5 Å². The van der Waals surface area contributed by atoms with Gasteiger partial charge in [-0.1, -0.05) is 12.1 Å². The second kappa shape index (κ2) is 6.09. The van der Waals surface area contributed by atoms with Crippen molar-refractivity contribution in [1.82, 2.24) is 0 Å². The Morgan fingerprint density at radius 3 is 1.95 bits per heavy atom. The standard InChI is InChI=1S/C16H14O5/c1-20-13-7-12(8-14(9-13)21-2)15(17)10-4-3-5-11(6-10)16(18)19/h3-9H,1-2H3,(H,18,19). The summed E-state index contributed by atoms with van der Waals surface area (Å²) in [7, 11) is 2.99. The molecule has 0 aliphatic heterocycles. The molecule has 0 unspecified atom stereocenters. The van der Waals surface area contributed by atoms with Crippen molar-refractivity contribution in [2.45, 2.75) is 0 Å². The Hall–Kier alpha value is -2.82. The molecule has 108 valence electrons. The molecular formula is C16H14O5. The van der Waals surface area contributed by atoms with Gasteiger partial charge in [0.15, 0.2) is 5.78 Å². The molecule has 0 fully saturated rings. The van der Waals surface area contributed by atoms with Crippen LogP contribution in [0, 0.1) is 0 Å². The lowest BCUT2D eigenvalue weighted by Gasteiger charge is -2.08. The molecule has 2 aromatic rings. The van der Waals surface area contributed by atoms with Gasteiger partial charge in [0.25, 0.3) is 0 Å². The number of benzene rings is 2. The maximum Gasteiger partial charge on any atom is 0.335 e. The molecule has 1 N–H and O–H groups in total. The number of ether oxygens (including phenoxy) is 2. The van der Waals surface area contributed by atoms with Gasteiger partial charge < -0.3 is 14.6 Å². The third kappa shape index (κ3) is 3.20. The lowest BCUT2D eigenvalue weighted by Crippen LogP contribution is -2.05. The number of carbonyl (C=O) groups is 2. The summed E-state index contributed by atoms with van der Waals surface area (Å²) >= 11 is 0. The van der Waals surface area contributed by atoms with Crippen LogP contribution in [0.4, 0.5) is 0 Å². The van der Waals surface area contributed by atoms with Crippen LogP contribution in [0.15, 0.2) is 42.5 Å². The number of hydrogen-bond acceptors (Lipinski definition) is 4. The number of hydrogen-bond donors (Lipinski definition) is 1. The van der Waals surface area contributed by atoms with Crippen molar-refractivity contribution in [2.24, 2.45) is 0 Å². The van der Waals surface area contributed by atoms with Gasteiger partial charge in [0, 0.05) is 17.2 Å². The Balaban J connectivity index is 2.44. The minimum absolute atomic E-state index is 0.0655. The zero-order valence-corrected chi connectivity index (χ0v) is 11.6. The van der Waals surface area contributed by atoms with E-state index < -0.39 is 5.97 Å². The number of rotatable bonds is 5. The predicted octanol–water partition coefficient (Wildman–Crippen LogP) is 2.63. The van der Waals surface area contributed by atoms with Crippen molar-refractivity contribution in [3.8, 4) is 11.5 Å². The van der Waals surface area contributed by atoms with Gasteiger partial charge in [-0.25, -0.2) is 4.79 Å². The molecule has 0 aromatic heterocycles. The highest BCUT2D eigenvalue weighted by atomic mass is 16.5. The molecule has 0 saturated heterocycles. The van der Waals surface area contributed by atoms with E-state index in [4.69, 9.17) is 14.6 Å². The molecule has 0 aliphatic carbocycles. The first kappa shape index (κ1) is 14.6. The Bertz CT molecular complexity index is 669. The fourth-order valence-electron chi connectivity index (χ4n) is 1.90. The highest BCUT2D eigenvalue weighted by Crippen LogP contribution is 2.24. The van der Waals surface area contributed by atoms with E-state index in [1.54, 1.807) is 24.3 Å². The van der Waals surface area contributed by atoms with Crippen LogP contribution >= 0.6 is 0 Å². The summed E-state index contributed by atoms with van der Waals surface area (Å²) in [6.45, 7) is 0. The van der Waals surface area contributed by atoms with Crippen molar-refractivity contribution in [3.05, 3.63) is 59.2 Å². The maximum atomic E-state index is 12.5. The summed E-state index contributed by atoms with van der Waals surface area (Å²) in [5.74, 6) is -0.387. The normalized spacial score (nSPS) is 10.0. The summed E-state index contributed by atoms with van der Waals surface area (Å²) in [5.41, 5.74) is 0.731. The summed E-state index contributed by atoms with van der Waals surface area (Å²) in [4.78, 5) is 23.4. The average molecular weight is 286 g/mol. The Morgan fingerprint density at radius 2 is 1.43 bits per heavy atom. The summed E-state index contributed by atoms with van der Waals surface area (Å²) in [6, 6.07) is 10.7. The lowest BCUT2D eigenvalue weighted by molar-refractivity contribution is 0.0697. The first-order valence-corrected chi connectivity index (χ1v) is 6.16. The fourth-order valence-corrected chi connectivity index (χ4v) is 1.90. The molecule has 5 nitrogen and oxygen atoms in total. The summed E-state index contributed by atoms with van der Waals surface area (Å²) < 4.78 is 10.2. The van der Waals surface area contributed by atoms with Crippen LogP contribution in [-0.2, 0) is 0 Å². The second-order valence-corrected chi connectivity index (χ2v) is 4.32. The molecule has 2 aromatic carbocycles. The predicted molar refractivity (Wildman–Crippen MR) is 76.4 cm³/mol. The summed E-state index contributed by atoms with van der Waals surface area (Å²) in [6.07, 6.45) is 0. The maximum absolute atomic E-state index is 12.5. The van der Waals surface area contributed by atoms with E-state index >= 15 is 0 Å². The molecule has 0 heterocycles. The molecule has 21 heavy (non-hydrogen) atoms. The molecule has 0 saturated carbocycles. The van der Waals surface area contributed by atoms with Crippen LogP contribution in [0.2, 0.25) is 0 Å². The van der Waals surface area contributed by atoms with Gasteiger partial charge in [0.2, 0.25) is 0 Å². The number of aromatic carboxylic acids is 1. The topological polar surface area (TPSA) is 72.8 Å². The van der Waals surface area contributed by atoms with Gasteiger partial charge in [-0.15, -0.1) is 0 Å². The smallest absolute Gasteiger partial charge is 0.335 e. The Morgan fingerprint density at radius 1 is 0.857 bits per heavy atom. The molecule has 2 rings (SSSR count). The molecule has 0 atom stereocenters. The third-order valence-electron chi connectivity index (χ3n) is 2.99. The van der Waals surface area contributed by atoms with Crippen molar-refractivity contribution >= 4 is 11.8 Å². The monoisotopic (exact) mass is 286 g/mol. The van der Waals surface area contributed by atoms with Gasteiger partial charge in [-0.05, 0) is 24.3 Å². The van der Waals surface area contributed by atoms with Crippen LogP contribution in [0.5, 0.6) is 11.5 Å². The van der Waals surface area contributed by atoms with Crippen molar-refractivity contribution < 1.29 is 24.2 Å². The molecule has 0 amide bonds. The fraction of sp³-hybridized carbons (Fsp3) is 0.125. The number of methoxy groups -OCH3 is 2. The zero-order valence-electron chi connectivity index (χ0n) is 11.6. The van der Waals surface area contributed by atoms with Gasteiger partial charge in [-0.3, -0.25) is 4.79 Å². The van der Waals surface area contributed by atoms with E-state index in [-0.39, 0.29) is 11.3 Å². The quantitative estimate of drug-likeness (QED) is 0.855. The van der Waals surface area contributed by atoms with Crippen LogP contribution < -0.4 is 9.47 Å². The van der Waals surface area contributed by atoms with Gasteiger partial charge >= 0.3 is 5.97 Å². The molecule has 0 bridgehead atoms. The number of carboxylic acids is 1. The van der Waals surface area contributed by atoms with E-state index in [9.17, 15) is 9.59 Å². The molecular weight excluding hydrogens is 272 g/mol. The van der Waals surface area contributed by atoms with Crippen molar-refractivity contribution in [1.29, 1.82) is 0 Å². The Kier molecular flexibility index (Phi) is 4.23. The molecule has 0 spiro atoms. The number of ketones is 1. The van der Waals surface area contributed by atoms with Crippen LogP contribution in [0.25, 0.3) is 0 Å².